The first-order chi connectivity index (χ1) is 10.1. The van der Waals surface area contributed by atoms with Crippen molar-refractivity contribution < 1.29 is 9.47 Å². The quantitative estimate of drug-likeness (QED) is 0.888. The van der Waals surface area contributed by atoms with Crippen molar-refractivity contribution in [3.05, 3.63) is 57.6 Å². The summed E-state index contributed by atoms with van der Waals surface area (Å²) in [6.07, 6.45) is 0. The number of nitrogens with one attached hydrogen (secondary N) is 1. The molecular formula is C16H17Cl2NO2. The molecule has 1 unspecified atom stereocenters. The van der Waals surface area contributed by atoms with Crippen molar-refractivity contribution in [2.75, 3.05) is 21.3 Å². The van der Waals surface area contributed by atoms with Crippen LogP contribution in [0.2, 0.25) is 10.0 Å². The molecule has 5 heteroatoms. The number of ether oxygens (including phenoxy) is 2. The second-order valence-electron chi connectivity index (χ2n) is 4.48. The Morgan fingerprint density at radius 1 is 1.00 bits per heavy atom. The molecule has 2 rings (SSSR count). The molecule has 0 radical (unpaired) electrons. The molecule has 0 amide bonds. The third-order valence-electron chi connectivity index (χ3n) is 3.31. The summed E-state index contributed by atoms with van der Waals surface area (Å²) in [6.45, 7) is 0. The van der Waals surface area contributed by atoms with Gasteiger partial charge in [0, 0.05) is 5.56 Å². The molecule has 0 spiro atoms. The van der Waals surface area contributed by atoms with Gasteiger partial charge in [0.15, 0.2) is 11.5 Å². The number of halogens is 2. The molecule has 0 aliphatic carbocycles. The molecule has 2 aromatic rings. The van der Waals surface area contributed by atoms with Crippen LogP contribution in [0, 0.1) is 0 Å². The van der Waals surface area contributed by atoms with Gasteiger partial charge in [-0.2, -0.15) is 0 Å². The van der Waals surface area contributed by atoms with E-state index in [1.165, 1.54) is 0 Å². The summed E-state index contributed by atoms with van der Waals surface area (Å²) < 4.78 is 10.9. The Bertz CT molecular complexity index is 632. The summed E-state index contributed by atoms with van der Waals surface area (Å²) >= 11 is 12.1. The molecule has 2 aromatic carbocycles. The standard InChI is InChI=1S/C16H17Cl2NO2/c1-19-15(10-7-8-12(17)13(18)9-10)11-5-4-6-14(20-2)16(11)21-3/h4-9,15,19H,1-3H3. The van der Waals surface area contributed by atoms with Crippen LogP contribution in [0.25, 0.3) is 0 Å². The predicted octanol–water partition coefficient (Wildman–Crippen LogP) is 4.32. The Morgan fingerprint density at radius 3 is 2.33 bits per heavy atom. The Balaban J connectivity index is 2.53. The van der Waals surface area contributed by atoms with Gasteiger partial charge in [-0.1, -0.05) is 41.4 Å². The van der Waals surface area contributed by atoms with Crippen molar-refractivity contribution in [3.8, 4) is 11.5 Å². The van der Waals surface area contributed by atoms with E-state index in [1.54, 1.807) is 20.3 Å². The van der Waals surface area contributed by atoms with Crippen molar-refractivity contribution in [3.63, 3.8) is 0 Å². The monoisotopic (exact) mass is 325 g/mol. The highest BCUT2D eigenvalue weighted by atomic mass is 35.5. The van der Waals surface area contributed by atoms with Crippen LogP contribution in [0.1, 0.15) is 17.2 Å². The molecule has 112 valence electrons. The fourth-order valence-electron chi connectivity index (χ4n) is 2.33. The van der Waals surface area contributed by atoms with Gasteiger partial charge in [-0.25, -0.2) is 0 Å². The van der Waals surface area contributed by atoms with Crippen molar-refractivity contribution >= 4 is 23.2 Å². The molecule has 0 aliphatic heterocycles. The summed E-state index contributed by atoms with van der Waals surface area (Å²) in [5.41, 5.74) is 1.97. The molecule has 0 saturated carbocycles. The van der Waals surface area contributed by atoms with Gasteiger partial charge in [0.05, 0.1) is 30.3 Å². The molecule has 0 aromatic heterocycles. The lowest BCUT2D eigenvalue weighted by Crippen LogP contribution is -2.18. The maximum Gasteiger partial charge on any atom is 0.165 e. The number of hydrogen-bond acceptors (Lipinski definition) is 3. The minimum atomic E-state index is -0.0789. The van der Waals surface area contributed by atoms with Crippen LogP contribution in [0.5, 0.6) is 11.5 Å². The SMILES string of the molecule is CNC(c1ccc(Cl)c(Cl)c1)c1cccc(OC)c1OC. The van der Waals surface area contributed by atoms with E-state index in [9.17, 15) is 0 Å². The highest BCUT2D eigenvalue weighted by molar-refractivity contribution is 6.42. The topological polar surface area (TPSA) is 30.5 Å². The summed E-state index contributed by atoms with van der Waals surface area (Å²) in [6, 6.07) is 11.3. The largest absolute Gasteiger partial charge is 0.493 e. The average Bonchev–Trinajstić information content (AvgIpc) is 2.51. The number of rotatable bonds is 5. The van der Waals surface area contributed by atoms with Gasteiger partial charge in [0.1, 0.15) is 0 Å². The van der Waals surface area contributed by atoms with Crippen LogP contribution in [-0.4, -0.2) is 21.3 Å². The number of hydrogen-bond donors (Lipinski definition) is 1. The van der Waals surface area contributed by atoms with Crippen LogP contribution in [0.3, 0.4) is 0 Å². The Hall–Kier alpha value is -1.42. The minimum Gasteiger partial charge on any atom is -0.493 e. The van der Waals surface area contributed by atoms with Crippen LogP contribution < -0.4 is 14.8 Å². The maximum absolute atomic E-state index is 6.12. The van der Waals surface area contributed by atoms with Gasteiger partial charge in [-0.15, -0.1) is 0 Å². The number of benzene rings is 2. The summed E-state index contributed by atoms with van der Waals surface area (Å²) in [4.78, 5) is 0. The van der Waals surface area contributed by atoms with Crippen molar-refractivity contribution in [1.82, 2.24) is 5.32 Å². The molecule has 0 bridgehead atoms. The van der Waals surface area contributed by atoms with Gasteiger partial charge < -0.3 is 14.8 Å². The highest BCUT2D eigenvalue weighted by Gasteiger charge is 2.20. The Kier molecular flexibility index (Phi) is 5.34. The second-order valence-corrected chi connectivity index (χ2v) is 5.29. The van der Waals surface area contributed by atoms with Crippen LogP contribution in [0.4, 0.5) is 0 Å². The second kappa shape index (κ2) is 7.03. The molecule has 1 N–H and O–H groups in total. The van der Waals surface area contributed by atoms with Crippen LogP contribution in [-0.2, 0) is 0 Å². The third-order valence-corrected chi connectivity index (χ3v) is 4.05. The average molecular weight is 326 g/mol. The lowest BCUT2D eigenvalue weighted by atomic mass is 9.97. The normalized spacial score (nSPS) is 12.0. The molecule has 0 fully saturated rings. The van der Waals surface area contributed by atoms with E-state index in [2.05, 4.69) is 5.32 Å². The zero-order chi connectivity index (χ0) is 15.4. The number of para-hydroxylation sites is 1. The van der Waals surface area contributed by atoms with E-state index < -0.39 is 0 Å². The Labute approximate surface area is 134 Å². The molecule has 3 nitrogen and oxygen atoms in total. The predicted molar refractivity (Wildman–Crippen MR) is 86.9 cm³/mol. The van der Waals surface area contributed by atoms with E-state index in [-0.39, 0.29) is 6.04 Å². The van der Waals surface area contributed by atoms with Gasteiger partial charge in [0.25, 0.3) is 0 Å². The van der Waals surface area contributed by atoms with Crippen LogP contribution >= 0.6 is 23.2 Å². The van der Waals surface area contributed by atoms with Gasteiger partial charge >= 0.3 is 0 Å². The first-order valence-electron chi connectivity index (χ1n) is 6.45. The maximum atomic E-state index is 6.12. The molecule has 21 heavy (non-hydrogen) atoms. The highest BCUT2D eigenvalue weighted by Crippen LogP contribution is 2.38. The van der Waals surface area contributed by atoms with E-state index >= 15 is 0 Å². The molecule has 0 aliphatic rings. The van der Waals surface area contributed by atoms with Gasteiger partial charge in [-0.05, 0) is 30.8 Å². The zero-order valence-electron chi connectivity index (χ0n) is 12.1. The van der Waals surface area contributed by atoms with E-state index in [1.807, 2.05) is 37.4 Å². The Morgan fingerprint density at radius 2 is 1.76 bits per heavy atom. The van der Waals surface area contributed by atoms with Gasteiger partial charge in [0.2, 0.25) is 0 Å². The lowest BCUT2D eigenvalue weighted by Gasteiger charge is -2.21. The summed E-state index contributed by atoms with van der Waals surface area (Å²) in [7, 11) is 5.13. The molecule has 0 saturated heterocycles. The van der Waals surface area contributed by atoms with E-state index in [0.717, 1.165) is 11.1 Å². The minimum absolute atomic E-state index is 0.0789. The zero-order valence-corrected chi connectivity index (χ0v) is 13.6. The first-order valence-corrected chi connectivity index (χ1v) is 7.21. The molecule has 0 heterocycles. The summed E-state index contributed by atoms with van der Waals surface area (Å²) in [5, 5.41) is 4.33. The van der Waals surface area contributed by atoms with E-state index in [0.29, 0.717) is 21.5 Å². The third kappa shape index (κ3) is 3.26. The lowest BCUT2D eigenvalue weighted by molar-refractivity contribution is 0.349. The molecular weight excluding hydrogens is 309 g/mol. The molecule has 1 atom stereocenters. The first kappa shape index (κ1) is 16.0. The summed E-state index contributed by atoms with van der Waals surface area (Å²) in [5.74, 6) is 1.39. The van der Waals surface area contributed by atoms with Crippen molar-refractivity contribution in [2.24, 2.45) is 0 Å². The smallest absolute Gasteiger partial charge is 0.165 e. The fourth-order valence-corrected chi connectivity index (χ4v) is 2.64. The van der Waals surface area contributed by atoms with Crippen molar-refractivity contribution in [2.45, 2.75) is 6.04 Å². The van der Waals surface area contributed by atoms with Crippen molar-refractivity contribution in [1.29, 1.82) is 0 Å². The van der Waals surface area contributed by atoms with Crippen LogP contribution in [0.15, 0.2) is 36.4 Å². The van der Waals surface area contributed by atoms with E-state index in [4.69, 9.17) is 32.7 Å². The van der Waals surface area contributed by atoms with Gasteiger partial charge in [-0.3, -0.25) is 0 Å². The fraction of sp³-hybridized carbons (Fsp3) is 0.250. The number of methoxy groups -OCH3 is 2.